The van der Waals surface area contributed by atoms with Gasteiger partial charge in [-0.05, 0) is 53.1 Å². The van der Waals surface area contributed by atoms with Crippen molar-refractivity contribution in [2.24, 2.45) is 0 Å². The van der Waals surface area contributed by atoms with Crippen molar-refractivity contribution in [1.29, 1.82) is 0 Å². The molecule has 5 heteroatoms. The Morgan fingerprint density at radius 1 is 0.913 bits per heavy atom. The van der Waals surface area contributed by atoms with Gasteiger partial charge in [-0.25, -0.2) is 0 Å². The lowest BCUT2D eigenvalue weighted by Crippen LogP contribution is -2.08. The van der Waals surface area contributed by atoms with Crippen molar-refractivity contribution in [3.8, 4) is 0 Å². The van der Waals surface area contributed by atoms with E-state index in [9.17, 15) is 9.59 Å². The maximum Gasteiger partial charge on any atom is 0.306 e. The average molecular weight is 432 g/mol. The van der Waals surface area contributed by atoms with Crippen LogP contribution in [0.4, 0.5) is 0 Å². The molecular formula is C18H25IO4. The molecule has 0 heterocycles. The number of rotatable bonds is 11. The Kier molecular flexibility index (Phi) is 10.7. The first-order valence-electron chi connectivity index (χ1n) is 8.17. The molecule has 0 atom stereocenters. The summed E-state index contributed by atoms with van der Waals surface area (Å²) in [6.07, 6.45) is 5.33. The summed E-state index contributed by atoms with van der Waals surface area (Å²) in [5, 5.41) is 0. The van der Waals surface area contributed by atoms with Crippen LogP contribution in [0.1, 0.15) is 57.4 Å². The molecule has 1 rings (SSSR count). The molecule has 0 aliphatic carbocycles. The number of halogens is 1. The maximum atomic E-state index is 11.6. The predicted molar refractivity (Wildman–Crippen MR) is 97.9 cm³/mol. The number of hydrogen-bond donors (Lipinski definition) is 0. The van der Waals surface area contributed by atoms with Gasteiger partial charge < -0.3 is 9.47 Å². The van der Waals surface area contributed by atoms with E-state index in [2.05, 4.69) is 29.5 Å². The zero-order valence-electron chi connectivity index (χ0n) is 13.7. The minimum Gasteiger partial charge on any atom is -0.466 e. The van der Waals surface area contributed by atoms with Gasteiger partial charge in [0.25, 0.3) is 0 Å². The molecule has 4 nitrogen and oxygen atoms in total. The first-order valence-corrected chi connectivity index (χ1v) is 9.25. The highest BCUT2D eigenvalue weighted by Gasteiger charge is 2.07. The molecule has 0 spiro atoms. The summed E-state index contributed by atoms with van der Waals surface area (Å²) in [4.78, 5) is 23.1. The summed E-state index contributed by atoms with van der Waals surface area (Å²) in [6.45, 7) is 2.90. The van der Waals surface area contributed by atoms with Crippen LogP contribution in [0, 0.1) is 3.57 Å². The lowest BCUT2D eigenvalue weighted by molar-refractivity contribution is -0.146. The van der Waals surface area contributed by atoms with Crippen LogP contribution in [0.2, 0.25) is 0 Å². The zero-order valence-corrected chi connectivity index (χ0v) is 15.8. The number of carbonyl (C=O) groups excluding carboxylic acids is 2. The van der Waals surface area contributed by atoms with Gasteiger partial charge >= 0.3 is 11.9 Å². The van der Waals surface area contributed by atoms with Crippen LogP contribution in [0.25, 0.3) is 0 Å². The molecule has 0 amide bonds. The van der Waals surface area contributed by atoms with Crippen molar-refractivity contribution >= 4 is 34.5 Å². The molecule has 1 aromatic carbocycles. The van der Waals surface area contributed by atoms with E-state index in [1.807, 2.05) is 24.3 Å². The highest BCUT2D eigenvalue weighted by molar-refractivity contribution is 14.1. The van der Waals surface area contributed by atoms with Gasteiger partial charge in [0.2, 0.25) is 0 Å². The van der Waals surface area contributed by atoms with Gasteiger partial charge in [0.05, 0.1) is 6.61 Å². The topological polar surface area (TPSA) is 52.6 Å². The number of unbranched alkanes of at least 4 members (excludes halogenated alkanes) is 3. The molecule has 0 aromatic heterocycles. The highest BCUT2D eigenvalue weighted by Crippen LogP contribution is 2.09. The molecule has 0 N–H and O–H groups in total. The summed E-state index contributed by atoms with van der Waals surface area (Å²) in [5.74, 6) is -0.508. The molecular weight excluding hydrogens is 407 g/mol. The number of ether oxygens (including phenoxy) is 2. The molecule has 0 saturated carbocycles. The summed E-state index contributed by atoms with van der Waals surface area (Å²) < 4.78 is 11.4. The van der Waals surface area contributed by atoms with Crippen LogP contribution in [0.15, 0.2) is 24.3 Å². The van der Waals surface area contributed by atoms with Crippen molar-refractivity contribution in [2.75, 3.05) is 6.61 Å². The largest absolute Gasteiger partial charge is 0.466 e. The van der Waals surface area contributed by atoms with Gasteiger partial charge in [-0.1, -0.05) is 38.3 Å². The smallest absolute Gasteiger partial charge is 0.306 e. The van der Waals surface area contributed by atoms with Gasteiger partial charge in [0.15, 0.2) is 0 Å². The molecule has 1 aromatic rings. The van der Waals surface area contributed by atoms with Crippen molar-refractivity contribution in [2.45, 2.75) is 58.5 Å². The molecule has 0 bridgehead atoms. The van der Waals surface area contributed by atoms with Crippen LogP contribution < -0.4 is 0 Å². The lowest BCUT2D eigenvalue weighted by Gasteiger charge is -2.06. The molecule has 0 fully saturated rings. The SMILES string of the molecule is CCCCCCOC(=O)CCCC(=O)OCc1ccc(I)cc1. The second kappa shape index (κ2) is 12.3. The minimum absolute atomic E-state index is 0.230. The van der Waals surface area contributed by atoms with Crippen molar-refractivity contribution in [3.63, 3.8) is 0 Å². The zero-order chi connectivity index (χ0) is 16.9. The Morgan fingerprint density at radius 2 is 1.57 bits per heavy atom. The van der Waals surface area contributed by atoms with E-state index in [0.717, 1.165) is 28.4 Å². The summed E-state index contributed by atoms with van der Waals surface area (Å²) in [6, 6.07) is 7.82. The Hall–Kier alpha value is -1.11. The summed E-state index contributed by atoms with van der Waals surface area (Å²) in [5.41, 5.74) is 0.963. The Labute approximate surface area is 152 Å². The number of esters is 2. The standard InChI is InChI=1S/C18H25IO4/c1-2-3-4-5-13-22-17(20)7-6-8-18(21)23-14-15-9-11-16(19)12-10-15/h9-12H,2-8,13-14H2,1H3. The number of carbonyl (C=O) groups is 2. The molecule has 23 heavy (non-hydrogen) atoms. The summed E-state index contributed by atoms with van der Waals surface area (Å²) in [7, 11) is 0. The fourth-order valence-electron chi connectivity index (χ4n) is 1.98. The second-order valence-corrected chi connectivity index (χ2v) is 6.67. The minimum atomic E-state index is -0.278. The first-order chi connectivity index (χ1) is 11.1. The number of hydrogen-bond acceptors (Lipinski definition) is 4. The second-order valence-electron chi connectivity index (χ2n) is 5.42. The van der Waals surface area contributed by atoms with E-state index in [4.69, 9.17) is 9.47 Å². The Bertz CT molecular complexity index is 470. The molecule has 0 aliphatic heterocycles. The molecule has 0 radical (unpaired) electrons. The third kappa shape index (κ3) is 10.3. The number of benzene rings is 1. The average Bonchev–Trinajstić information content (AvgIpc) is 2.54. The van der Waals surface area contributed by atoms with Crippen LogP contribution >= 0.6 is 22.6 Å². The monoisotopic (exact) mass is 432 g/mol. The van der Waals surface area contributed by atoms with Crippen LogP contribution in [-0.4, -0.2) is 18.5 Å². The molecule has 128 valence electrons. The van der Waals surface area contributed by atoms with Gasteiger partial charge in [0.1, 0.15) is 6.61 Å². The van der Waals surface area contributed by atoms with E-state index in [-0.39, 0.29) is 31.4 Å². The highest BCUT2D eigenvalue weighted by atomic mass is 127. The van der Waals surface area contributed by atoms with Crippen LogP contribution in [0.5, 0.6) is 0 Å². The summed E-state index contributed by atoms with van der Waals surface area (Å²) >= 11 is 2.23. The van der Waals surface area contributed by atoms with E-state index in [1.54, 1.807) is 0 Å². The fraction of sp³-hybridized carbons (Fsp3) is 0.556. The molecule has 0 aliphatic rings. The third-order valence-electron chi connectivity index (χ3n) is 3.34. The third-order valence-corrected chi connectivity index (χ3v) is 4.05. The van der Waals surface area contributed by atoms with Gasteiger partial charge in [-0.15, -0.1) is 0 Å². The quantitative estimate of drug-likeness (QED) is 0.291. The normalized spacial score (nSPS) is 10.3. The van der Waals surface area contributed by atoms with Crippen LogP contribution in [-0.2, 0) is 25.7 Å². The lowest BCUT2D eigenvalue weighted by atomic mass is 10.2. The molecule has 0 unspecified atom stereocenters. The first kappa shape index (κ1) is 19.9. The maximum absolute atomic E-state index is 11.6. The Morgan fingerprint density at radius 3 is 2.22 bits per heavy atom. The van der Waals surface area contributed by atoms with Crippen molar-refractivity contribution in [1.82, 2.24) is 0 Å². The van der Waals surface area contributed by atoms with E-state index >= 15 is 0 Å². The van der Waals surface area contributed by atoms with E-state index in [0.29, 0.717) is 13.0 Å². The Balaban J connectivity index is 2.04. The fourth-order valence-corrected chi connectivity index (χ4v) is 2.34. The van der Waals surface area contributed by atoms with Gasteiger partial charge in [0, 0.05) is 16.4 Å². The van der Waals surface area contributed by atoms with E-state index < -0.39 is 0 Å². The predicted octanol–water partition coefficient (Wildman–Crippen LogP) is 4.63. The van der Waals surface area contributed by atoms with Crippen molar-refractivity contribution < 1.29 is 19.1 Å². The van der Waals surface area contributed by atoms with Crippen molar-refractivity contribution in [3.05, 3.63) is 33.4 Å². The van der Waals surface area contributed by atoms with Gasteiger partial charge in [-0.2, -0.15) is 0 Å². The van der Waals surface area contributed by atoms with Crippen LogP contribution in [0.3, 0.4) is 0 Å². The molecule has 0 saturated heterocycles. The van der Waals surface area contributed by atoms with E-state index in [1.165, 1.54) is 6.42 Å². The van der Waals surface area contributed by atoms with Gasteiger partial charge in [-0.3, -0.25) is 9.59 Å².